The van der Waals surface area contributed by atoms with E-state index in [2.05, 4.69) is 12.2 Å². The van der Waals surface area contributed by atoms with Gasteiger partial charge in [0.2, 0.25) is 0 Å². The van der Waals surface area contributed by atoms with Gasteiger partial charge >= 0.3 is 0 Å². The summed E-state index contributed by atoms with van der Waals surface area (Å²) >= 11 is 0. The summed E-state index contributed by atoms with van der Waals surface area (Å²) < 4.78 is 10.6. The molecule has 1 aromatic rings. The van der Waals surface area contributed by atoms with Crippen molar-refractivity contribution < 1.29 is 14.3 Å². The summed E-state index contributed by atoms with van der Waals surface area (Å²) in [6.45, 7) is 4.44. The van der Waals surface area contributed by atoms with Gasteiger partial charge in [0, 0.05) is 23.7 Å². The summed E-state index contributed by atoms with van der Waals surface area (Å²) in [6.07, 6.45) is 3.01. The Morgan fingerprint density at radius 2 is 1.82 bits per heavy atom. The highest BCUT2D eigenvalue weighted by atomic mass is 35.5. The number of unbranched alkanes of at least 4 members (excludes halogenated alkanes) is 1. The van der Waals surface area contributed by atoms with E-state index in [1.54, 1.807) is 26.4 Å². The second kappa shape index (κ2) is 10.3. The highest BCUT2D eigenvalue weighted by Crippen LogP contribution is 2.29. The van der Waals surface area contributed by atoms with Gasteiger partial charge in [0.05, 0.1) is 14.2 Å². The third-order valence-electron chi connectivity index (χ3n) is 3.54. The fourth-order valence-corrected chi connectivity index (χ4v) is 2.19. The maximum Gasteiger partial charge on any atom is 0.251 e. The number of nitrogens with one attached hydrogen (secondary N) is 1. The molecule has 0 spiro atoms. The second-order valence-electron chi connectivity index (χ2n) is 5.05. The molecule has 0 radical (unpaired) electrons. The Labute approximate surface area is 139 Å². The highest BCUT2D eigenvalue weighted by Gasteiger charge is 2.16. The van der Waals surface area contributed by atoms with Gasteiger partial charge in [0.1, 0.15) is 11.5 Å². The third-order valence-corrected chi connectivity index (χ3v) is 3.54. The first-order valence-electron chi connectivity index (χ1n) is 7.30. The van der Waals surface area contributed by atoms with Crippen molar-refractivity contribution >= 4 is 18.3 Å². The fourth-order valence-electron chi connectivity index (χ4n) is 2.19. The zero-order chi connectivity index (χ0) is 15.8. The van der Waals surface area contributed by atoms with Crippen molar-refractivity contribution in [2.45, 2.75) is 39.2 Å². The molecule has 1 rings (SSSR count). The number of nitrogens with two attached hydrogens (primary N) is 1. The molecule has 0 bridgehead atoms. The minimum atomic E-state index is -0.154. The molecule has 1 amide bonds. The van der Waals surface area contributed by atoms with Crippen LogP contribution in [0.15, 0.2) is 12.1 Å². The number of halogens is 1. The molecule has 1 atom stereocenters. The Hall–Kier alpha value is -1.46. The average Bonchev–Trinajstić information content (AvgIpc) is 2.51. The monoisotopic (exact) mass is 330 g/mol. The second-order valence-corrected chi connectivity index (χ2v) is 5.05. The topological polar surface area (TPSA) is 73.6 Å². The number of carbonyl (C=O) groups is 1. The number of ether oxygens (including phenoxy) is 2. The number of hydrogen-bond acceptors (Lipinski definition) is 4. The van der Waals surface area contributed by atoms with Gasteiger partial charge in [-0.3, -0.25) is 4.79 Å². The molecule has 3 N–H and O–H groups in total. The van der Waals surface area contributed by atoms with Crippen LogP contribution in [0.3, 0.4) is 0 Å². The standard InChI is InChI=1S/C16H26N2O3.ClH/c1-5-6-7-13(10-17)18-16(19)12-8-14(20-3)11(2)15(9-12)21-4;/h8-9,13H,5-7,10,17H2,1-4H3,(H,18,19);1H. The summed E-state index contributed by atoms with van der Waals surface area (Å²) in [5, 5.41) is 2.96. The average molecular weight is 331 g/mol. The molecule has 1 aromatic carbocycles. The zero-order valence-electron chi connectivity index (χ0n) is 13.8. The number of hydrogen-bond donors (Lipinski definition) is 2. The maximum atomic E-state index is 12.3. The quantitative estimate of drug-likeness (QED) is 0.768. The summed E-state index contributed by atoms with van der Waals surface area (Å²) in [5.41, 5.74) is 7.10. The molecular weight excluding hydrogens is 304 g/mol. The van der Waals surface area contributed by atoms with E-state index in [0.29, 0.717) is 23.6 Å². The predicted molar refractivity (Wildman–Crippen MR) is 91.4 cm³/mol. The predicted octanol–water partition coefficient (Wildman–Crippen LogP) is 2.68. The normalized spacial score (nSPS) is 11.3. The van der Waals surface area contributed by atoms with Gasteiger partial charge in [0.15, 0.2) is 0 Å². The molecule has 1 unspecified atom stereocenters. The van der Waals surface area contributed by atoms with Crippen LogP contribution < -0.4 is 20.5 Å². The molecule has 0 fully saturated rings. The molecule has 0 aliphatic rings. The van der Waals surface area contributed by atoms with Gasteiger partial charge in [-0.15, -0.1) is 12.4 Å². The largest absolute Gasteiger partial charge is 0.496 e. The van der Waals surface area contributed by atoms with Crippen LogP contribution in [0.4, 0.5) is 0 Å². The van der Waals surface area contributed by atoms with E-state index < -0.39 is 0 Å². The molecule has 126 valence electrons. The van der Waals surface area contributed by atoms with Gasteiger partial charge in [-0.05, 0) is 25.5 Å². The first kappa shape index (κ1) is 20.5. The van der Waals surface area contributed by atoms with Crippen LogP contribution in [0, 0.1) is 6.92 Å². The Balaban J connectivity index is 0.00000441. The molecule has 0 saturated carbocycles. The van der Waals surface area contributed by atoms with Gasteiger partial charge < -0.3 is 20.5 Å². The minimum Gasteiger partial charge on any atom is -0.496 e. The van der Waals surface area contributed by atoms with E-state index in [1.807, 2.05) is 6.92 Å². The van der Waals surface area contributed by atoms with Crippen molar-refractivity contribution in [1.82, 2.24) is 5.32 Å². The Bertz CT molecular complexity index is 455. The third kappa shape index (κ3) is 5.39. The number of carbonyl (C=O) groups excluding carboxylic acids is 1. The first-order valence-corrected chi connectivity index (χ1v) is 7.30. The number of methoxy groups -OCH3 is 2. The summed E-state index contributed by atoms with van der Waals surface area (Å²) in [7, 11) is 3.15. The maximum absolute atomic E-state index is 12.3. The number of amides is 1. The summed E-state index contributed by atoms with van der Waals surface area (Å²) in [4.78, 5) is 12.3. The molecule has 22 heavy (non-hydrogen) atoms. The Morgan fingerprint density at radius 1 is 1.27 bits per heavy atom. The van der Waals surface area contributed by atoms with Crippen LogP contribution in [0.25, 0.3) is 0 Å². The van der Waals surface area contributed by atoms with E-state index >= 15 is 0 Å². The van der Waals surface area contributed by atoms with Gasteiger partial charge in [-0.1, -0.05) is 19.8 Å². The van der Waals surface area contributed by atoms with Crippen LogP contribution >= 0.6 is 12.4 Å². The van der Waals surface area contributed by atoms with Crippen molar-refractivity contribution in [3.8, 4) is 11.5 Å². The SMILES string of the molecule is CCCCC(CN)NC(=O)c1cc(OC)c(C)c(OC)c1.Cl. The molecule has 0 aromatic heterocycles. The van der Waals surface area contributed by atoms with Crippen LogP contribution in [0.1, 0.15) is 42.1 Å². The van der Waals surface area contributed by atoms with Gasteiger partial charge in [-0.2, -0.15) is 0 Å². The lowest BCUT2D eigenvalue weighted by Crippen LogP contribution is -2.40. The van der Waals surface area contributed by atoms with Crippen molar-refractivity contribution in [2.75, 3.05) is 20.8 Å². The van der Waals surface area contributed by atoms with E-state index in [4.69, 9.17) is 15.2 Å². The molecule has 5 nitrogen and oxygen atoms in total. The zero-order valence-corrected chi connectivity index (χ0v) is 14.6. The molecule has 6 heteroatoms. The van der Waals surface area contributed by atoms with E-state index in [-0.39, 0.29) is 24.4 Å². The Kier molecular flexibility index (Phi) is 9.61. The summed E-state index contributed by atoms with van der Waals surface area (Å²) in [6, 6.07) is 3.44. The Morgan fingerprint density at radius 3 is 2.23 bits per heavy atom. The lowest BCUT2D eigenvalue weighted by atomic mass is 10.1. The van der Waals surface area contributed by atoms with E-state index in [0.717, 1.165) is 24.8 Å². The fraction of sp³-hybridized carbons (Fsp3) is 0.562. The van der Waals surface area contributed by atoms with Crippen LogP contribution in [0.2, 0.25) is 0 Å². The molecule has 0 aliphatic heterocycles. The van der Waals surface area contributed by atoms with E-state index in [9.17, 15) is 4.79 Å². The van der Waals surface area contributed by atoms with Crippen LogP contribution in [0.5, 0.6) is 11.5 Å². The number of benzene rings is 1. The minimum absolute atomic E-state index is 0. The molecular formula is C16H27ClN2O3. The van der Waals surface area contributed by atoms with Crippen molar-refractivity contribution in [3.05, 3.63) is 23.3 Å². The van der Waals surface area contributed by atoms with Crippen LogP contribution in [-0.4, -0.2) is 32.7 Å². The van der Waals surface area contributed by atoms with Gasteiger partial charge in [0.25, 0.3) is 5.91 Å². The first-order chi connectivity index (χ1) is 10.1. The summed E-state index contributed by atoms with van der Waals surface area (Å²) in [5.74, 6) is 1.12. The lowest BCUT2D eigenvalue weighted by Gasteiger charge is -2.18. The van der Waals surface area contributed by atoms with Crippen molar-refractivity contribution in [3.63, 3.8) is 0 Å². The van der Waals surface area contributed by atoms with Crippen molar-refractivity contribution in [2.24, 2.45) is 5.73 Å². The molecule has 0 saturated heterocycles. The highest BCUT2D eigenvalue weighted by molar-refractivity contribution is 5.95. The molecule has 0 heterocycles. The van der Waals surface area contributed by atoms with Gasteiger partial charge in [-0.25, -0.2) is 0 Å². The lowest BCUT2D eigenvalue weighted by molar-refractivity contribution is 0.0935. The number of rotatable bonds is 8. The van der Waals surface area contributed by atoms with Crippen LogP contribution in [-0.2, 0) is 0 Å². The van der Waals surface area contributed by atoms with E-state index in [1.165, 1.54) is 0 Å². The van der Waals surface area contributed by atoms with Crippen molar-refractivity contribution in [1.29, 1.82) is 0 Å². The smallest absolute Gasteiger partial charge is 0.251 e. The molecule has 0 aliphatic carbocycles.